The fourth-order valence-electron chi connectivity index (χ4n) is 1.13. The molecule has 2 heteroatoms. The number of hydrogen-bond donors (Lipinski definition) is 0. The fraction of sp³-hybridized carbons (Fsp3) is 0.200. The SMILES string of the molecule is C1=Cc2ccccc2SSCC1. The van der Waals surface area contributed by atoms with Crippen LogP contribution in [0.3, 0.4) is 0 Å². The lowest BCUT2D eigenvalue weighted by atomic mass is 10.2. The van der Waals surface area contributed by atoms with Gasteiger partial charge in [0.25, 0.3) is 0 Å². The van der Waals surface area contributed by atoms with E-state index in [9.17, 15) is 0 Å². The van der Waals surface area contributed by atoms with E-state index in [1.165, 1.54) is 22.6 Å². The van der Waals surface area contributed by atoms with Crippen LogP contribution in [0.25, 0.3) is 6.08 Å². The molecular weight excluding hydrogens is 184 g/mol. The first-order chi connectivity index (χ1) is 5.97. The molecule has 0 radical (unpaired) electrons. The van der Waals surface area contributed by atoms with E-state index in [-0.39, 0.29) is 0 Å². The Kier molecular flexibility index (Phi) is 2.79. The molecule has 0 spiro atoms. The zero-order chi connectivity index (χ0) is 8.23. The van der Waals surface area contributed by atoms with Gasteiger partial charge >= 0.3 is 0 Å². The van der Waals surface area contributed by atoms with Crippen molar-refractivity contribution in [2.45, 2.75) is 11.3 Å². The normalized spacial score (nSPS) is 16.3. The highest BCUT2D eigenvalue weighted by molar-refractivity contribution is 8.76. The molecule has 0 saturated carbocycles. The van der Waals surface area contributed by atoms with E-state index >= 15 is 0 Å². The van der Waals surface area contributed by atoms with E-state index < -0.39 is 0 Å². The van der Waals surface area contributed by atoms with Crippen molar-refractivity contribution in [3.63, 3.8) is 0 Å². The molecular formula is C10H10S2. The highest BCUT2D eigenvalue weighted by Crippen LogP contribution is 2.35. The topological polar surface area (TPSA) is 0 Å². The minimum absolute atomic E-state index is 1.19. The van der Waals surface area contributed by atoms with Crippen LogP contribution in [-0.4, -0.2) is 5.75 Å². The number of hydrogen-bond acceptors (Lipinski definition) is 2. The molecule has 0 aromatic heterocycles. The minimum atomic E-state index is 1.19. The van der Waals surface area contributed by atoms with Crippen molar-refractivity contribution in [3.8, 4) is 0 Å². The summed E-state index contributed by atoms with van der Waals surface area (Å²) in [5, 5.41) is 0. The van der Waals surface area contributed by atoms with Gasteiger partial charge in [-0.05, 0) is 18.1 Å². The molecule has 0 amide bonds. The fourth-order valence-corrected chi connectivity index (χ4v) is 3.31. The summed E-state index contributed by atoms with van der Waals surface area (Å²) < 4.78 is 0. The first-order valence-corrected chi connectivity index (χ1v) is 6.34. The van der Waals surface area contributed by atoms with Gasteiger partial charge in [-0.15, -0.1) is 0 Å². The predicted molar refractivity (Wildman–Crippen MR) is 58.4 cm³/mol. The summed E-state index contributed by atoms with van der Waals surface area (Å²) in [4.78, 5) is 1.39. The molecule has 2 rings (SSSR count). The molecule has 62 valence electrons. The van der Waals surface area contributed by atoms with Crippen LogP contribution < -0.4 is 0 Å². The van der Waals surface area contributed by atoms with Gasteiger partial charge in [-0.25, -0.2) is 0 Å². The third-order valence-corrected chi connectivity index (χ3v) is 4.20. The summed E-state index contributed by atoms with van der Waals surface area (Å²) in [7, 11) is 3.83. The van der Waals surface area contributed by atoms with Crippen molar-refractivity contribution in [1.82, 2.24) is 0 Å². The summed E-state index contributed by atoms with van der Waals surface area (Å²) in [6, 6.07) is 8.55. The third-order valence-electron chi connectivity index (χ3n) is 1.73. The first-order valence-electron chi connectivity index (χ1n) is 4.02. The molecule has 12 heavy (non-hydrogen) atoms. The van der Waals surface area contributed by atoms with Gasteiger partial charge in [0.2, 0.25) is 0 Å². The maximum atomic E-state index is 2.26. The average molecular weight is 194 g/mol. The lowest BCUT2D eigenvalue weighted by Gasteiger charge is -2.06. The Bertz CT molecular complexity index is 292. The smallest absolute Gasteiger partial charge is 0.0255 e. The Labute approximate surface area is 80.8 Å². The largest absolute Gasteiger partial charge is 0.0886 e. The lowest BCUT2D eigenvalue weighted by Crippen LogP contribution is -1.81. The predicted octanol–water partition coefficient (Wildman–Crippen LogP) is 3.84. The second-order valence-corrected chi connectivity index (χ2v) is 5.09. The molecule has 0 N–H and O–H groups in total. The molecule has 0 unspecified atom stereocenters. The van der Waals surface area contributed by atoms with Crippen molar-refractivity contribution in [3.05, 3.63) is 35.9 Å². The molecule has 0 fully saturated rings. The summed E-state index contributed by atoms with van der Waals surface area (Å²) in [5.41, 5.74) is 1.36. The molecule has 1 aromatic rings. The van der Waals surface area contributed by atoms with Gasteiger partial charge in [0, 0.05) is 10.6 Å². The van der Waals surface area contributed by atoms with Gasteiger partial charge in [0.1, 0.15) is 0 Å². The Hall–Kier alpha value is -0.340. The van der Waals surface area contributed by atoms with Crippen molar-refractivity contribution in [2.75, 3.05) is 5.75 Å². The Morgan fingerprint density at radius 1 is 1.17 bits per heavy atom. The number of allylic oxidation sites excluding steroid dienone is 1. The summed E-state index contributed by atoms with van der Waals surface area (Å²) in [5.74, 6) is 1.22. The van der Waals surface area contributed by atoms with E-state index in [1.54, 1.807) is 0 Å². The van der Waals surface area contributed by atoms with Gasteiger partial charge in [-0.2, -0.15) is 0 Å². The monoisotopic (exact) mass is 194 g/mol. The number of rotatable bonds is 0. The minimum Gasteiger partial charge on any atom is -0.0886 e. The Morgan fingerprint density at radius 2 is 2.08 bits per heavy atom. The molecule has 1 aliphatic rings. The highest BCUT2D eigenvalue weighted by atomic mass is 33.1. The van der Waals surface area contributed by atoms with Crippen LogP contribution in [-0.2, 0) is 0 Å². The molecule has 0 saturated heterocycles. The Morgan fingerprint density at radius 3 is 3.08 bits per heavy atom. The molecule has 0 atom stereocenters. The van der Waals surface area contributed by atoms with Gasteiger partial charge in [-0.1, -0.05) is 51.9 Å². The van der Waals surface area contributed by atoms with Crippen LogP contribution in [0.2, 0.25) is 0 Å². The second-order valence-electron chi connectivity index (χ2n) is 2.63. The van der Waals surface area contributed by atoms with Crippen LogP contribution >= 0.6 is 21.6 Å². The molecule has 1 aromatic carbocycles. The maximum Gasteiger partial charge on any atom is 0.0255 e. The maximum absolute atomic E-state index is 2.26. The average Bonchev–Trinajstić information content (AvgIpc) is 2.06. The summed E-state index contributed by atoms with van der Waals surface area (Å²) in [6.07, 6.45) is 5.67. The molecule has 0 aliphatic carbocycles. The van der Waals surface area contributed by atoms with Gasteiger partial charge < -0.3 is 0 Å². The van der Waals surface area contributed by atoms with Gasteiger partial charge in [-0.3, -0.25) is 0 Å². The third kappa shape index (κ3) is 1.87. The molecule has 0 nitrogen and oxygen atoms in total. The first kappa shape index (κ1) is 8.27. The second kappa shape index (κ2) is 4.06. The van der Waals surface area contributed by atoms with Gasteiger partial charge in [0.05, 0.1) is 0 Å². The standard InChI is InChI=1S/C10H10S2/c1-2-7-10-9(5-1)6-3-4-8-11-12-10/h1-3,5-7H,4,8H2. The Balaban J connectivity index is 2.36. The molecule has 0 bridgehead atoms. The highest BCUT2D eigenvalue weighted by Gasteiger charge is 2.01. The van der Waals surface area contributed by atoms with E-state index in [4.69, 9.17) is 0 Å². The zero-order valence-electron chi connectivity index (χ0n) is 6.69. The van der Waals surface area contributed by atoms with Crippen LogP contribution in [0.1, 0.15) is 12.0 Å². The summed E-state index contributed by atoms with van der Waals surface area (Å²) >= 11 is 0. The van der Waals surface area contributed by atoms with E-state index in [1.807, 2.05) is 21.6 Å². The quantitative estimate of drug-likeness (QED) is 0.575. The van der Waals surface area contributed by atoms with Crippen LogP contribution in [0.4, 0.5) is 0 Å². The van der Waals surface area contributed by atoms with Crippen LogP contribution in [0.15, 0.2) is 35.2 Å². The van der Waals surface area contributed by atoms with Crippen molar-refractivity contribution in [1.29, 1.82) is 0 Å². The molecule has 1 heterocycles. The van der Waals surface area contributed by atoms with Gasteiger partial charge in [0.15, 0.2) is 0 Å². The van der Waals surface area contributed by atoms with Crippen LogP contribution in [0, 0.1) is 0 Å². The van der Waals surface area contributed by atoms with E-state index in [0.717, 1.165) is 0 Å². The number of fused-ring (bicyclic) bond motifs is 1. The van der Waals surface area contributed by atoms with Crippen molar-refractivity contribution < 1.29 is 0 Å². The van der Waals surface area contributed by atoms with Crippen LogP contribution in [0.5, 0.6) is 0 Å². The van der Waals surface area contributed by atoms with Crippen molar-refractivity contribution in [2.24, 2.45) is 0 Å². The van der Waals surface area contributed by atoms with Crippen molar-refractivity contribution >= 4 is 27.7 Å². The molecule has 1 aliphatic heterocycles. The van der Waals surface area contributed by atoms with E-state index in [2.05, 4.69) is 36.4 Å². The zero-order valence-corrected chi connectivity index (χ0v) is 8.33. The van der Waals surface area contributed by atoms with E-state index in [0.29, 0.717) is 0 Å². The number of benzene rings is 1. The summed E-state index contributed by atoms with van der Waals surface area (Å²) in [6.45, 7) is 0. The lowest BCUT2D eigenvalue weighted by molar-refractivity contribution is 1.25.